The summed E-state index contributed by atoms with van der Waals surface area (Å²) in [6.45, 7) is 0.290. The lowest BCUT2D eigenvalue weighted by Crippen LogP contribution is -2.28. The van der Waals surface area contributed by atoms with E-state index in [9.17, 15) is 22.8 Å². The van der Waals surface area contributed by atoms with Gasteiger partial charge in [-0.2, -0.15) is 13.2 Å². The van der Waals surface area contributed by atoms with Gasteiger partial charge in [-0.05, 0) is 36.8 Å². The Morgan fingerprint density at radius 1 is 1.09 bits per heavy atom. The highest BCUT2D eigenvalue weighted by molar-refractivity contribution is 5.91. The van der Waals surface area contributed by atoms with Crippen molar-refractivity contribution in [2.45, 2.75) is 25.6 Å². The third kappa shape index (κ3) is 6.07. The van der Waals surface area contributed by atoms with Crippen molar-refractivity contribution in [1.29, 1.82) is 0 Å². The van der Waals surface area contributed by atoms with Crippen molar-refractivity contribution in [1.82, 2.24) is 14.9 Å². The normalized spacial score (nSPS) is 11.5. The second-order valence-electron chi connectivity index (χ2n) is 7.12. The minimum Gasteiger partial charge on any atom is -0.375 e. The number of alkyl halides is 3. The Kier molecular flexibility index (Phi) is 7.47. The van der Waals surface area contributed by atoms with E-state index < -0.39 is 17.6 Å². The molecule has 0 radical (unpaired) electrons. The molecule has 170 valence electrons. The highest BCUT2D eigenvalue weighted by atomic mass is 19.4. The van der Waals surface area contributed by atoms with Gasteiger partial charge in [0.1, 0.15) is 19.0 Å². The molecule has 10 heteroatoms. The zero-order valence-corrected chi connectivity index (χ0v) is 17.4. The molecule has 0 spiro atoms. The maximum absolute atomic E-state index is 12.9. The Balaban J connectivity index is 1.71. The lowest BCUT2D eigenvalue weighted by atomic mass is 10.2. The number of fused-ring (bicyclic) bond motifs is 1. The van der Waals surface area contributed by atoms with Crippen LogP contribution in [0.25, 0.3) is 11.0 Å². The maximum Gasteiger partial charge on any atom is 0.416 e. The Bertz CT molecular complexity index is 1100. The van der Waals surface area contributed by atoms with Crippen LogP contribution >= 0.6 is 0 Å². The molecule has 2 amide bonds. The summed E-state index contributed by atoms with van der Waals surface area (Å²) in [6, 6.07) is 11.8. The predicted octanol–water partition coefficient (Wildman–Crippen LogP) is 3.39. The summed E-state index contributed by atoms with van der Waals surface area (Å²) in [6.07, 6.45) is -3.40. The van der Waals surface area contributed by atoms with E-state index in [0.29, 0.717) is 30.7 Å². The number of nitrogens with zero attached hydrogens (tertiary/aromatic N) is 2. The third-order valence-corrected chi connectivity index (χ3v) is 4.68. The molecule has 3 rings (SSSR count). The number of aromatic nitrogens is 2. The Hall–Kier alpha value is -3.40. The number of amides is 2. The quantitative estimate of drug-likeness (QED) is 0.492. The minimum absolute atomic E-state index is 0.0196. The van der Waals surface area contributed by atoms with Gasteiger partial charge in [0.25, 0.3) is 0 Å². The number of ether oxygens (including phenoxy) is 1. The molecule has 2 N–H and O–H groups in total. The van der Waals surface area contributed by atoms with E-state index in [1.807, 2.05) is 24.3 Å². The average Bonchev–Trinajstić information content (AvgIpc) is 3.08. The summed E-state index contributed by atoms with van der Waals surface area (Å²) in [5.74, 6) is -0.0463. The molecule has 0 bridgehead atoms. The van der Waals surface area contributed by atoms with Gasteiger partial charge in [-0.3, -0.25) is 9.59 Å². The van der Waals surface area contributed by atoms with Gasteiger partial charge in [0, 0.05) is 25.8 Å². The molecule has 0 atom stereocenters. The molecule has 0 saturated heterocycles. The molecule has 32 heavy (non-hydrogen) atoms. The smallest absolute Gasteiger partial charge is 0.375 e. The molecule has 0 fully saturated rings. The van der Waals surface area contributed by atoms with E-state index in [1.54, 1.807) is 4.57 Å². The number of aryl methyl sites for hydroxylation is 1. The highest BCUT2D eigenvalue weighted by Gasteiger charge is 2.30. The molecule has 1 heterocycles. The van der Waals surface area contributed by atoms with Gasteiger partial charge in [-0.15, -0.1) is 0 Å². The summed E-state index contributed by atoms with van der Waals surface area (Å²) >= 11 is 0. The van der Waals surface area contributed by atoms with Crippen LogP contribution in [0.2, 0.25) is 0 Å². The first kappa shape index (κ1) is 23.3. The van der Waals surface area contributed by atoms with E-state index >= 15 is 0 Å². The Morgan fingerprint density at radius 2 is 1.88 bits per heavy atom. The first-order valence-electron chi connectivity index (χ1n) is 9.95. The Morgan fingerprint density at radius 3 is 2.62 bits per heavy atom. The van der Waals surface area contributed by atoms with Crippen LogP contribution in [0.4, 0.5) is 18.9 Å². The largest absolute Gasteiger partial charge is 0.416 e. The van der Waals surface area contributed by atoms with Crippen LogP contribution in [0.3, 0.4) is 0 Å². The van der Waals surface area contributed by atoms with Gasteiger partial charge in [0.05, 0.1) is 16.6 Å². The molecule has 1 aromatic heterocycles. The molecule has 0 aliphatic heterocycles. The molecular formula is C22H23F3N4O3. The van der Waals surface area contributed by atoms with E-state index in [0.717, 1.165) is 17.6 Å². The molecule has 0 aliphatic rings. The number of carbonyl (C=O) groups is 2. The van der Waals surface area contributed by atoms with Gasteiger partial charge in [0.2, 0.25) is 11.8 Å². The van der Waals surface area contributed by atoms with Crippen LogP contribution in [0.1, 0.15) is 17.8 Å². The van der Waals surface area contributed by atoms with Gasteiger partial charge in [-0.25, -0.2) is 4.98 Å². The fourth-order valence-corrected chi connectivity index (χ4v) is 3.27. The molecule has 7 nitrogen and oxygen atoms in total. The summed E-state index contributed by atoms with van der Waals surface area (Å²) in [7, 11) is 1.44. The van der Waals surface area contributed by atoms with E-state index in [-0.39, 0.29) is 24.7 Å². The number of rotatable bonds is 9. The van der Waals surface area contributed by atoms with E-state index in [4.69, 9.17) is 4.74 Å². The van der Waals surface area contributed by atoms with Gasteiger partial charge in [0.15, 0.2) is 0 Å². The number of para-hydroxylation sites is 2. The third-order valence-electron chi connectivity index (χ3n) is 4.68. The second-order valence-corrected chi connectivity index (χ2v) is 7.12. The van der Waals surface area contributed by atoms with Gasteiger partial charge in [-0.1, -0.05) is 18.2 Å². The number of nitrogens with one attached hydrogen (secondary N) is 2. The van der Waals surface area contributed by atoms with Crippen LogP contribution in [-0.2, 0) is 33.5 Å². The first-order valence-corrected chi connectivity index (χ1v) is 9.95. The molecule has 0 aliphatic carbocycles. The van der Waals surface area contributed by atoms with Crippen molar-refractivity contribution in [3.8, 4) is 0 Å². The van der Waals surface area contributed by atoms with Crippen LogP contribution in [-0.4, -0.2) is 41.6 Å². The summed E-state index contributed by atoms with van der Waals surface area (Å²) < 4.78 is 45.3. The van der Waals surface area contributed by atoms with Crippen molar-refractivity contribution in [2.24, 2.45) is 0 Å². The van der Waals surface area contributed by atoms with Crippen molar-refractivity contribution < 1.29 is 27.5 Å². The number of benzene rings is 2. The number of carbonyl (C=O) groups excluding carboxylic acids is 2. The maximum atomic E-state index is 12.9. The summed E-state index contributed by atoms with van der Waals surface area (Å²) in [5.41, 5.74) is 0.680. The zero-order chi connectivity index (χ0) is 23.1. The summed E-state index contributed by atoms with van der Waals surface area (Å²) in [4.78, 5) is 28.7. The highest BCUT2D eigenvalue weighted by Crippen LogP contribution is 2.30. The lowest BCUT2D eigenvalue weighted by Gasteiger charge is -2.12. The predicted molar refractivity (Wildman–Crippen MR) is 113 cm³/mol. The standard InChI is InChI=1S/C22H23F3N4O3/c1-32-14-21(31)26-11-5-10-19-28-17-8-2-3-9-18(17)29(19)13-20(30)27-16-7-4-6-15(12-16)22(23,24)25/h2-4,6-9,12H,5,10-11,13-14H2,1H3,(H,26,31)(H,27,30). The van der Waals surface area contributed by atoms with Crippen molar-refractivity contribution in [3.63, 3.8) is 0 Å². The topological polar surface area (TPSA) is 85.2 Å². The van der Waals surface area contributed by atoms with E-state index in [1.165, 1.54) is 19.2 Å². The Labute approximate surface area is 182 Å². The monoisotopic (exact) mass is 448 g/mol. The number of hydrogen-bond acceptors (Lipinski definition) is 4. The number of methoxy groups -OCH3 is 1. The second kappa shape index (κ2) is 10.3. The van der Waals surface area contributed by atoms with Crippen LogP contribution in [0.15, 0.2) is 48.5 Å². The molecule has 0 saturated carbocycles. The van der Waals surface area contributed by atoms with Gasteiger partial charge < -0.3 is 19.9 Å². The van der Waals surface area contributed by atoms with Crippen LogP contribution in [0, 0.1) is 0 Å². The first-order chi connectivity index (χ1) is 15.3. The molecule has 0 unspecified atom stereocenters. The number of anilines is 1. The number of halogens is 3. The van der Waals surface area contributed by atoms with E-state index in [2.05, 4.69) is 15.6 Å². The molecular weight excluding hydrogens is 425 g/mol. The SMILES string of the molecule is COCC(=O)NCCCc1nc2ccccc2n1CC(=O)Nc1cccc(C(F)(F)F)c1. The lowest BCUT2D eigenvalue weighted by molar-refractivity contribution is -0.137. The van der Waals surface area contributed by atoms with Gasteiger partial charge >= 0.3 is 6.18 Å². The average molecular weight is 448 g/mol. The van der Waals surface area contributed by atoms with Crippen molar-refractivity contribution in [3.05, 3.63) is 59.9 Å². The molecule has 2 aromatic carbocycles. The number of hydrogen-bond donors (Lipinski definition) is 2. The van der Waals surface area contributed by atoms with Crippen LogP contribution in [0.5, 0.6) is 0 Å². The molecule has 3 aromatic rings. The minimum atomic E-state index is -4.49. The summed E-state index contributed by atoms with van der Waals surface area (Å²) in [5, 5.41) is 5.25. The van der Waals surface area contributed by atoms with Crippen molar-refractivity contribution in [2.75, 3.05) is 25.6 Å². The number of imidazole rings is 1. The zero-order valence-electron chi connectivity index (χ0n) is 17.4. The van der Waals surface area contributed by atoms with Crippen LogP contribution < -0.4 is 10.6 Å². The fraction of sp³-hybridized carbons (Fsp3) is 0.318. The van der Waals surface area contributed by atoms with Crippen molar-refractivity contribution >= 4 is 28.5 Å². The fourth-order valence-electron chi connectivity index (χ4n) is 3.27.